The zero-order chi connectivity index (χ0) is 15.5. The number of nitrogens with one attached hydrogen (secondary N) is 1. The Balaban J connectivity index is 1.85. The van der Waals surface area contributed by atoms with Gasteiger partial charge in [0.05, 0.1) is 0 Å². The van der Waals surface area contributed by atoms with E-state index in [0.717, 1.165) is 5.02 Å². The molecule has 0 aliphatic rings. The normalized spacial score (nSPS) is 14.0. The molecule has 3 aromatic rings. The van der Waals surface area contributed by atoms with Crippen LogP contribution in [0.4, 0.5) is 0 Å². The van der Waals surface area contributed by atoms with Crippen LogP contribution in [-0.2, 0) is 0 Å². The summed E-state index contributed by atoms with van der Waals surface area (Å²) < 4.78 is 0. The van der Waals surface area contributed by atoms with Gasteiger partial charge in [-0.2, -0.15) is 0 Å². The van der Waals surface area contributed by atoms with Crippen molar-refractivity contribution in [3.63, 3.8) is 0 Å². The van der Waals surface area contributed by atoms with Gasteiger partial charge in [0.1, 0.15) is 0 Å². The van der Waals surface area contributed by atoms with Crippen molar-refractivity contribution in [2.75, 3.05) is 0 Å². The summed E-state index contributed by atoms with van der Waals surface area (Å²) >= 11 is 6.09. The van der Waals surface area contributed by atoms with Gasteiger partial charge in [-0.3, -0.25) is 0 Å². The van der Waals surface area contributed by atoms with Crippen molar-refractivity contribution in [3.8, 4) is 0 Å². The fourth-order valence-corrected chi connectivity index (χ4v) is 3.16. The van der Waals surface area contributed by atoms with E-state index in [1.165, 1.54) is 21.9 Å². The largest absolute Gasteiger partial charge is 0.304 e. The van der Waals surface area contributed by atoms with Gasteiger partial charge in [0.2, 0.25) is 0 Å². The van der Waals surface area contributed by atoms with Gasteiger partial charge >= 0.3 is 0 Å². The van der Waals surface area contributed by atoms with Crippen LogP contribution in [0.1, 0.15) is 37.1 Å². The second-order valence-electron chi connectivity index (χ2n) is 5.73. The van der Waals surface area contributed by atoms with Crippen molar-refractivity contribution in [1.82, 2.24) is 5.32 Å². The van der Waals surface area contributed by atoms with Gasteiger partial charge in [0.25, 0.3) is 0 Å². The molecule has 1 nitrogen and oxygen atoms in total. The molecule has 2 atom stereocenters. The van der Waals surface area contributed by atoms with Crippen molar-refractivity contribution < 1.29 is 0 Å². The second-order valence-corrected chi connectivity index (χ2v) is 6.17. The number of halogens is 1. The first kappa shape index (κ1) is 15.1. The fourth-order valence-electron chi connectivity index (χ4n) is 2.96. The van der Waals surface area contributed by atoms with E-state index in [0.29, 0.717) is 0 Å². The average Bonchev–Trinajstić information content (AvgIpc) is 2.54. The molecule has 0 aliphatic heterocycles. The van der Waals surface area contributed by atoms with Crippen molar-refractivity contribution in [2.24, 2.45) is 0 Å². The Kier molecular flexibility index (Phi) is 4.47. The lowest BCUT2D eigenvalue weighted by atomic mass is 9.98. The molecule has 112 valence electrons. The van der Waals surface area contributed by atoms with E-state index >= 15 is 0 Å². The van der Waals surface area contributed by atoms with Gasteiger partial charge in [-0.25, -0.2) is 0 Å². The number of fused-ring (bicyclic) bond motifs is 1. The summed E-state index contributed by atoms with van der Waals surface area (Å²) in [5, 5.41) is 7.04. The molecule has 0 spiro atoms. The molecule has 0 saturated carbocycles. The van der Waals surface area contributed by atoms with E-state index < -0.39 is 0 Å². The molecule has 0 aromatic heterocycles. The highest BCUT2D eigenvalue weighted by Gasteiger charge is 2.13. The Hall–Kier alpha value is -1.83. The molecule has 3 aromatic carbocycles. The topological polar surface area (TPSA) is 12.0 Å². The maximum atomic E-state index is 6.09. The SMILES string of the molecule is C[C@@H](N[C@H](C)c1cccc2ccccc12)c1cccc(Cl)c1. The summed E-state index contributed by atoms with van der Waals surface area (Å²) in [6.07, 6.45) is 0. The third-order valence-electron chi connectivity index (χ3n) is 4.14. The average molecular weight is 310 g/mol. The number of benzene rings is 3. The molecular formula is C20H20ClN. The van der Waals surface area contributed by atoms with Crippen LogP contribution in [0.15, 0.2) is 66.7 Å². The highest BCUT2D eigenvalue weighted by Crippen LogP contribution is 2.26. The predicted octanol–water partition coefficient (Wildman–Crippen LogP) is 5.91. The summed E-state index contributed by atoms with van der Waals surface area (Å²) in [6.45, 7) is 4.39. The monoisotopic (exact) mass is 309 g/mol. The minimum absolute atomic E-state index is 0.243. The Bertz CT molecular complexity index is 776. The first-order chi connectivity index (χ1) is 10.6. The highest BCUT2D eigenvalue weighted by molar-refractivity contribution is 6.30. The first-order valence-corrected chi connectivity index (χ1v) is 8.02. The zero-order valence-electron chi connectivity index (χ0n) is 12.9. The molecular weight excluding hydrogens is 290 g/mol. The van der Waals surface area contributed by atoms with Crippen LogP contribution in [-0.4, -0.2) is 0 Å². The number of rotatable bonds is 4. The van der Waals surface area contributed by atoms with Crippen LogP contribution in [0.5, 0.6) is 0 Å². The lowest BCUT2D eigenvalue weighted by Gasteiger charge is -2.22. The van der Waals surface area contributed by atoms with Gasteiger partial charge in [0, 0.05) is 17.1 Å². The predicted molar refractivity (Wildman–Crippen MR) is 95.4 cm³/mol. The fraction of sp³-hybridized carbons (Fsp3) is 0.200. The minimum Gasteiger partial charge on any atom is -0.304 e. The van der Waals surface area contributed by atoms with E-state index in [4.69, 9.17) is 11.6 Å². The maximum absolute atomic E-state index is 6.09. The molecule has 0 radical (unpaired) electrons. The van der Waals surface area contributed by atoms with Crippen molar-refractivity contribution in [3.05, 3.63) is 82.9 Å². The van der Waals surface area contributed by atoms with Gasteiger partial charge < -0.3 is 5.32 Å². The van der Waals surface area contributed by atoms with Crippen LogP contribution in [0, 0.1) is 0 Å². The molecule has 0 saturated heterocycles. The Labute approximate surface area is 136 Å². The zero-order valence-corrected chi connectivity index (χ0v) is 13.6. The molecule has 0 bridgehead atoms. The van der Waals surface area contributed by atoms with E-state index in [1.54, 1.807) is 0 Å². The standard InChI is InChI=1S/C20H20ClN/c1-14(17-9-5-10-18(21)13-17)22-15(2)19-12-6-8-16-7-3-4-11-20(16)19/h3-15,22H,1-2H3/t14-,15-/m1/s1. The summed E-state index contributed by atoms with van der Waals surface area (Å²) in [5.74, 6) is 0. The third-order valence-corrected chi connectivity index (χ3v) is 4.37. The summed E-state index contributed by atoms with van der Waals surface area (Å²) in [5.41, 5.74) is 2.53. The summed E-state index contributed by atoms with van der Waals surface area (Å²) in [6, 6.07) is 23.6. The quantitative estimate of drug-likeness (QED) is 0.632. The van der Waals surface area contributed by atoms with Crippen LogP contribution in [0.3, 0.4) is 0 Å². The third kappa shape index (κ3) is 3.16. The van der Waals surface area contributed by atoms with E-state index in [2.05, 4.69) is 67.7 Å². The van der Waals surface area contributed by atoms with Crippen LogP contribution < -0.4 is 5.32 Å². The molecule has 1 N–H and O–H groups in total. The smallest absolute Gasteiger partial charge is 0.0409 e. The van der Waals surface area contributed by atoms with E-state index in [-0.39, 0.29) is 12.1 Å². The molecule has 3 rings (SSSR count). The summed E-state index contributed by atoms with van der Waals surface area (Å²) in [4.78, 5) is 0. The summed E-state index contributed by atoms with van der Waals surface area (Å²) in [7, 11) is 0. The van der Waals surface area contributed by atoms with Gasteiger partial charge in [0.15, 0.2) is 0 Å². The Morgan fingerprint density at radius 3 is 2.36 bits per heavy atom. The highest BCUT2D eigenvalue weighted by atomic mass is 35.5. The maximum Gasteiger partial charge on any atom is 0.0409 e. The van der Waals surface area contributed by atoms with E-state index in [1.807, 2.05) is 18.2 Å². The number of hydrogen-bond donors (Lipinski definition) is 1. The lowest BCUT2D eigenvalue weighted by molar-refractivity contribution is 0.497. The Morgan fingerprint density at radius 1 is 0.818 bits per heavy atom. The van der Waals surface area contributed by atoms with Gasteiger partial charge in [-0.1, -0.05) is 66.2 Å². The Morgan fingerprint density at radius 2 is 1.55 bits per heavy atom. The molecule has 2 heteroatoms. The van der Waals surface area contributed by atoms with Crippen LogP contribution in [0.25, 0.3) is 10.8 Å². The van der Waals surface area contributed by atoms with Crippen LogP contribution >= 0.6 is 11.6 Å². The van der Waals surface area contributed by atoms with Gasteiger partial charge in [-0.15, -0.1) is 0 Å². The molecule has 0 amide bonds. The molecule has 0 aliphatic carbocycles. The van der Waals surface area contributed by atoms with Crippen molar-refractivity contribution in [1.29, 1.82) is 0 Å². The van der Waals surface area contributed by atoms with Crippen LogP contribution in [0.2, 0.25) is 5.02 Å². The molecule has 0 heterocycles. The molecule has 0 fully saturated rings. The number of hydrogen-bond acceptors (Lipinski definition) is 1. The second kappa shape index (κ2) is 6.51. The van der Waals surface area contributed by atoms with E-state index in [9.17, 15) is 0 Å². The minimum atomic E-state index is 0.243. The first-order valence-electron chi connectivity index (χ1n) is 7.64. The van der Waals surface area contributed by atoms with Crippen molar-refractivity contribution >= 4 is 22.4 Å². The lowest BCUT2D eigenvalue weighted by Crippen LogP contribution is -2.22. The molecule has 0 unspecified atom stereocenters. The molecule has 22 heavy (non-hydrogen) atoms. The van der Waals surface area contributed by atoms with Gasteiger partial charge in [-0.05, 0) is 47.9 Å². The van der Waals surface area contributed by atoms with Crippen molar-refractivity contribution in [2.45, 2.75) is 25.9 Å².